The van der Waals surface area contributed by atoms with E-state index in [9.17, 15) is 4.79 Å². The molecule has 2 rings (SSSR count). The molecule has 1 aromatic heterocycles. The molecule has 2 heterocycles. The molecule has 1 amide bonds. The summed E-state index contributed by atoms with van der Waals surface area (Å²) in [5.41, 5.74) is 2.00. The van der Waals surface area contributed by atoms with E-state index in [0.717, 1.165) is 37.2 Å². The van der Waals surface area contributed by atoms with Gasteiger partial charge in [0.05, 0.1) is 12.1 Å². The van der Waals surface area contributed by atoms with Gasteiger partial charge in [-0.05, 0) is 31.4 Å². The average Bonchev–Trinajstić information content (AvgIpc) is 2.48. The van der Waals surface area contributed by atoms with E-state index in [0.29, 0.717) is 18.5 Å². The second-order valence-electron chi connectivity index (χ2n) is 5.57. The summed E-state index contributed by atoms with van der Waals surface area (Å²) in [6, 6.07) is 4.66. The van der Waals surface area contributed by atoms with Gasteiger partial charge in [0.2, 0.25) is 5.91 Å². The quantitative estimate of drug-likeness (QED) is 0.913. The predicted molar refractivity (Wildman–Crippen MR) is 80.6 cm³/mol. The zero-order valence-electron chi connectivity index (χ0n) is 12.7. The summed E-state index contributed by atoms with van der Waals surface area (Å²) in [5.74, 6) is 0.207. The molecule has 0 spiro atoms. The van der Waals surface area contributed by atoms with E-state index >= 15 is 0 Å². The van der Waals surface area contributed by atoms with Crippen molar-refractivity contribution in [2.75, 3.05) is 13.1 Å². The van der Waals surface area contributed by atoms with Gasteiger partial charge < -0.3 is 10.2 Å². The third kappa shape index (κ3) is 3.37. The Hall–Kier alpha value is -1.42. The molecule has 2 unspecified atom stereocenters. The Labute approximate surface area is 121 Å². The summed E-state index contributed by atoms with van der Waals surface area (Å²) in [7, 11) is 0. The Morgan fingerprint density at radius 1 is 1.45 bits per heavy atom. The zero-order valence-corrected chi connectivity index (χ0v) is 12.7. The number of piperazine rings is 1. The lowest BCUT2D eigenvalue weighted by Crippen LogP contribution is -2.58. The van der Waals surface area contributed by atoms with Gasteiger partial charge >= 0.3 is 0 Å². The van der Waals surface area contributed by atoms with Crippen LogP contribution in [0.1, 0.15) is 37.9 Å². The first-order valence-corrected chi connectivity index (χ1v) is 7.59. The summed E-state index contributed by atoms with van der Waals surface area (Å²) >= 11 is 0. The first kappa shape index (κ1) is 15.0. The van der Waals surface area contributed by atoms with Crippen LogP contribution >= 0.6 is 0 Å². The third-order valence-electron chi connectivity index (χ3n) is 4.22. The molecule has 20 heavy (non-hydrogen) atoms. The fourth-order valence-corrected chi connectivity index (χ4v) is 2.76. The highest BCUT2D eigenvalue weighted by Gasteiger charge is 2.29. The van der Waals surface area contributed by atoms with Crippen molar-refractivity contribution in [1.82, 2.24) is 15.2 Å². The lowest BCUT2D eigenvalue weighted by atomic mass is 10.0. The molecule has 1 fully saturated rings. The smallest absolute Gasteiger partial charge is 0.228 e. The molecule has 0 bridgehead atoms. The molecule has 1 N–H and O–H groups in total. The van der Waals surface area contributed by atoms with Crippen molar-refractivity contribution < 1.29 is 4.79 Å². The molecule has 2 atom stereocenters. The number of hydrogen-bond acceptors (Lipinski definition) is 3. The van der Waals surface area contributed by atoms with Crippen molar-refractivity contribution in [3.05, 3.63) is 29.6 Å². The largest absolute Gasteiger partial charge is 0.337 e. The Kier molecular flexibility index (Phi) is 5.12. The van der Waals surface area contributed by atoms with E-state index in [1.165, 1.54) is 0 Å². The van der Waals surface area contributed by atoms with Crippen molar-refractivity contribution in [1.29, 1.82) is 0 Å². The van der Waals surface area contributed by atoms with E-state index in [-0.39, 0.29) is 5.91 Å². The summed E-state index contributed by atoms with van der Waals surface area (Å²) < 4.78 is 0. The molecule has 0 aliphatic carbocycles. The van der Waals surface area contributed by atoms with Crippen molar-refractivity contribution in [2.24, 2.45) is 0 Å². The number of nitrogens with one attached hydrogen (secondary N) is 1. The molecule has 1 saturated heterocycles. The average molecular weight is 275 g/mol. The van der Waals surface area contributed by atoms with Crippen LogP contribution in [-0.4, -0.2) is 41.0 Å². The maximum atomic E-state index is 12.6. The predicted octanol–water partition coefficient (Wildman–Crippen LogP) is 1.92. The summed E-state index contributed by atoms with van der Waals surface area (Å²) in [6.45, 7) is 8.04. The Bertz CT molecular complexity index is 461. The maximum Gasteiger partial charge on any atom is 0.228 e. The molecule has 110 valence electrons. The third-order valence-corrected chi connectivity index (χ3v) is 4.22. The molecule has 4 nitrogen and oxygen atoms in total. The van der Waals surface area contributed by atoms with Crippen molar-refractivity contribution in [2.45, 2.75) is 52.1 Å². The fourth-order valence-electron chi connectivity index (χ4n) is 2.76. The molecule has 0 radical (unpaired) electrons. The van der Waals surface area contributed by atoms with E-state index in [4.69, 9.17) is 0 Å². The van der Waals surface area contributed by atoms with Gasteiger partial charge in [-0.2, -0.15) is 0 Å². The van der Waals surface area contributed by atoms with Crippen LogP contribution in [0.4, 0.5) is 0 Å². The molecular weight excluding hydrogens is 250 g/mol. The van der Waals surface area contributed by atoms with Crippen molar-refractivity contribution in [3.63, 3.8) is 0 Å². The van der Waals surface area contributed by atoms with E-state index in [2.05, 4.69) is 29.0 Å². The molecule has 1 aromatic rings. The molecule has 4 heteroatoms. The number of rotatable bonds is 4. The normalized spacial score (nSPS) is 22.9. The van der Waals surface area contributed by atoms with Gasteiger partial charge in [0, 0.05) is 31.4 Å². The van der Waals surface area contributed by atoms with Gasteiger partial charge in [0.15, 0.2) is 0 Å². The second-order valence-corrected chi connectivity index (χ2v) is 5.57. The summed E-state index contributed by atoms with van der Waals surface area (Å²) in [6.07, 6.45) is 4.23. The minimum Gasteiger partial charge on any atom is -0.337 e. The number of hydrogen-bond donors (Lipinski definition) is 1. The van der Waals surface area contributed by atoms with Gasteiger partial charge in [-0.3, -0.25) is 9.78 Å². The van der Waals surface area contributed by atoms with Crippen LogP contribution in [0, 0.1) is 6.92 Å². The van der Waals surface area contributed by atoms with Crippen LogP contribution in [0.15, 0.2) is 18.3 Å². The van der Waals surface area contributed by atoms with Crippen LogP contribution in [0.5, 0.6) is 0 Å². The number of amides is 1. The van der Waals surface area contributed by atoms with Crippen LogP contribution in [0.2, 0.25) is 0 Å². The molecule has 1 aliphatic heterocycles. The van der Waals surface area contributed by atoms with Crippen LogP contribution in [-0.2, 0) is 11.2 Å². The van der Waals surface area contributed by atoms with Gasteiger partial charge in [-0.1, -0.05) is 19.9 Å². The summed E-state index contributed by atoms with van der Waals surface area (Å²) in [4.78, 5) is 19.0. The molecule has 1 aliphatic rings. The SMILES string of the molecule is CCC1CN(C(=O)Cc2ncccc2C)C(CC)CN1. The number of pyridine rings is 1. The standard InChI is InChI=1S/C16H25N3O/c1-4-13-11-19(14(5-2)10-18-13)16(20)9-15-12(3)7-6-8-17-15/h6-8,13-14,18H,4-5,9-11H2,1-3H3. The van der Waals surface area contributed by atoms with Crippen molar-refractivity contribution in [3.8, 4) is 0 Å². The van der Waals surface area contributed by atoms with Crippen LogP contribution in [0.3, 0.4) is 0 Å². The van der Waals surface area contributed by atoms with Crippen LogP contribution < -0.4 is 5.32 Å². The highest BCUT2D eigenvalue weighted by molar-refractivity contribution is 5.79. The van der Waals surface area contributed by atoms with E-state index in [1.807, 2.05) is 19.1 Å². The minimum absolute atomic E-state index is 0.207. The number of aryl methyl sites for hydroxylation is 1. The zero-order chi connectivity index (χ0) is 14.5. The second kappa shape index (κ2) is 6.84. The number of carbonyl (C=O) groups excluding carboxylic acids is 1. The molecule has 0 aromatic carbocycles. The number of nitrogens with zero attached hydrogens (tertiary/aromatic N) is 2. The first-order chi connectivity index (χ1) is 9.65. The summed E-state index contributed by atoms with van der Waals surface area (Å²) in [5, 5.41) is 3.52. The maximum absolute atomic E-state index is 12.6. The van der Waals surface area contributed by atoms with Gasteiger partial charge in [-0.25, -0.2) is 0 Å². The van der Waals surface area contributed by atoms with Gasteiger partial charge in [-0.15, -0.1) is 0 Å². The number of aromatic nitrogens is 1. The van der Waals surface area contributed by atoms with E-state index in [1.54, 1.807) is 6.20 Å². The molecular formula is C16H25N3O. The van der Waals surface area contributed by atoms with Crippen molar-refractivity contribution >= 4 is 5.91 Å². The lowest BCUT2D eigenvalue weighted by molar-refractivity contribution is -0.134. The Balaban J connectivity index is 2.07. The fraction of sp³-hybridized carbons (Fsp3) is 0.625. The van der Waals surface area contributed by atoms with Crippen LogP contribution in [0.25, 0.3) is 0 Å². The monoisotopic (exact) mass is 275 g/mol. The Morgan fingerprint density at radius 3 is 2.90 bits per heavy atom. The highest BCUT2D eigenvalue weighted by Crippen LogP contribution is 2.15. The van der Waals surface area contributed by atoms with E-state index < -0.39 is 0 Å². The number of carbonyl (C=O) groups is 1. The highest BCUT2D eigenvalue weighted by atomic mass is 16.2. The lowest BCUT2D eigenvalue weighted by Gasteiger charge is -2.40. The topological polar surface area (TPSA) is 45.2 Å². The minimum atomic E-state index is 0.207. The first-order valence-electron chi connectivity index (χ1n) is 7.59. The van der Waals surface area contributed by atoms with Gasteiger partial charge in [0.25, 0.3) is 0 Å². The molecule has 0 saturated carbocycles. The van der Waals surface area contributed by atoms with Gasteiger partial charge in [0.1, 0.15) is 0 Å². The Morgan fingerprint density at radius 2 is 2.25 bits per heavy atom.